The molecule has 0 spiro atoms. The molecule has 0 saturated carbocycles. The summed E-state index contributed by atoms with van der Waals surface area (Å²) in [5, 5.41) is 12.1. The number of amides is 1. The summed E-state index contributed by atoms with van der Waals surface area (Å²) in [6.07, 6.45) is 0.890. The van der Waals surface area contributed by atoms with Crippen molar-refractivity contribution in [2.24, 2.45) is 5.92 Å². The highest BCUT2D eigenvalue weighted by molar-refractivity contribution is 7.89. The number of carbonyl (C=O) groups excluding carboxylic acids is 1. The number of piperazine rings is 1. The summed E-state index contributed by atoms with van der Waals surface area (Å²) in [6, 6.07) is 10.3. The minimum Gasteiger partial charge on any atom is -0.340 e. The number of sulfonamides is 1. The molecule has 9 nitrogen and oxygen atoms in total. The van der Waals surface area contributed by atoms with Gasteiger partial charge in [-0.15, -0.1) is 0 Å². The molecule has 0 radical (unpaired) electrons. The Morgan fingerprint density at radius 2 is 1.51 bits per heavy atom. The summed E-state index contributed by atoms with van der Waals surface area (Å²) in [5.41, 5.74) is 0.723. The van der Waals surface area contributed by atoms with E-state index < -0.39 is 14.9 Å². The van der Waals surface area contributed by atoms with Crippen LogP contribution in [-0.2, 0) is 21.4 Å². The lowest BCUT2D eigenvalue weighted by Crippen LogP contribution is -2.51. The normalized spacial score (nSPS) is 18.5. The van der Waals surface area contributed by atoms with Crippen molar-refractivity contribution in [2.75, 3.05) is 39.3 Å². The van der Waals surface area contributed by atoms with E-state index in [0.29, 0.717) is 55.6 Å². The maximum absolute atomic E-state index is 13.1. The first-order valence-electron chi connectivity index (χ1n) is 11.4. The van der Waals surface area contributed by atoms with Crippen molar-refractivity contribution < 1.29 is 18.1 Å². The van der Waals surface area contributed by atoms with Crippen molar-refractivity contribution in [3.8, 4) is 0 Å². The van der Waals surface area contributed by atoms with E-state index in [4.69, 9.17) is 23.2 Å². The minimum atomic E-state index is -3.77. The zero-order valence-electron chi connectivity index (χ0n) is 19.0. The summed E-state index contributed by atoms with van der Waals surface area (Å²) in [5.74, 6) is -0.157. The predicted octanol–water partition coefficient (Wildman–Crippen LogP) is 3.65. The summed E-state index contributed by atoms with van der Waals surface area (Å²) >= 11 is 12.6. The lowest BCUT2D eigenvalue weighted by molar-refractivity contribution is -0.384. The van der Waals surface area contributed by atoms with Gasteiger partial charge in [-0.25, -0.2) is 8.42 Å². The third-order valence-corrected chi connectivity index (χ3v) is 9.24. The first-order valence-corrected chi connectivity index (χ1v) is 13.5. The number of nitrogens with zero attached hydrogens (tertiary/aromatic N) is 4. The van der Waals surface area contributed by atoms with Crippen LogP contribution in [0.15, 0.2) is 47.4 Å². The summed E-state index contributed by atoms with van der Waals surface area (Å²) in [7, 11) is -3.77. The quantitative estimate of drug-likeness (QED) is 0.409. The van der Waals surface area contributed by atoms with Crippen molar-refractivity contribution in [2.45, 2.75) is 24.3 Å². The van der Waals surface area contributed by atoms with Gasteiger partial charge in [-0.3, -0.25) is 19.8 Å². The summed E-state index contributed by atoms with van der Waals surface area (Å²) < 4.78 is 27.2. The molecule has 2 heterocycles. The molecule has 2 fully saturated rings. The van der Waals surface area contributed by atoms with Crippen molar-refractivity contribution >= 4 is 44.8 Å². The highest BCUT2D eigenvalue weighted by Crippen LogP contribution is 2.28. The number of benzene rings is 2. The van der Waals surface area contributed by atoms with E-state index in [-0.39, 0.29) is 35.5 Å². The average molecular weight is 541 g/mol. The number of nitro groups is 1. The van der Waals surface area contributed by atoms with Crippen LogP contribution >= 0.6 is 23.2 Å². The molecule has 2 aliphatic rings. The fourth-order valence-corrected chi connectivity index (χ4v) is 6.51. The maximum Gasteiger partial charge on any atom is 0.269 e. The Hall–Kier alpha value is -2.24. The second-order valence-corrected chi connectivity index (χ2v) is 11.5. The molecule has 12 heteroatoms. The molecular formula is C23H26Cl2N4O5S. The van der Waals surface area contributed by atoms with Gasteiger partial charge < -0.3 is 4.90 Å². The number of non-ortho nitro benzene ring substituents is 1. The van der Waals surface area contributed by atoms with Crippen molar-refractivity contribution in [3.63, 3.8) is 0 Å². The Bertz CT molecular complexity index is 1170. The van der Waals surface area contributed by atoms with Crippen LogP contribution in [0.2, 0.25) is 10.0 Å². The van der Waals surface area contributed by atoms with Crippen LogP contribution in [0.5, 0.6) is 0 Å². The van der Waals surface area contributed by atoms with Gasteiger partial charge in [0.2, 0.25) is 15.9 Å². The average Bonchev–Trinajstić information content (AvgIpc) is 2.86. The molecule has 0 atom stereocenters. The number of carbonyl (C=O) groups is 1. The SMILES string of the molecule is O=C(C1CCN(S(=O)(=O)c2ccc([N+](=O)[O-])cc2)CC1)N1CCN(Cc2c(Cl)cccc2Cl)CC1. The molecule has 0 N–H and O–H groups in total. The second kappa shape index (κ2) is 10.8. The molecule has 1 amide bonds. The summed E-state index contributed by atoms with van der Waals surface area (Å²) in [4.78, 5) is 27.4. The Balaban J connectivity index is 1.29. The van der Waals surface area contributed by atoms with Crippen LogP contribution in [0.4, 0.5) is 5.69 Å². The molecule has 2 aromatic rings. The van der Waals surface area contributed by atoms with Gasteiger partial charge in [0.25, 0.3) is 5.69 Å². The molecule has 2 aliphatic heterocycles. The number of hydrogen-bond acceptors (Lipinski definition) is 6. The van der Waals surface area contributed by atoms with Gasteiger partial charge in [0.1, 0.15) is 0 Å². The van der Waals surface area contributed by atoms with Crippen LogP contribution in [-0.4, -0.2) is 72.6 Å². The number of rotatable bonds is 6. The lowest BCUT2D eigenvalue weighted by Gasteiger charge is -2.38. The van der Waals surface area contributed by atoms with Gasteiger partial charge in [-0.05, 0) is 37.1 Å². The molecular weight excluding hydrogens is 515 g/mol. The topological polar surface area (TPSA) is 104 Å². The number of piperidine rings is 1. The first-order chi connectivity index (χ1) is 16.7. The highest BCUT2D eigenvalue weighted by Gasteiger charge is 2.35. The van der Waals surface area contributed by atoms with Crippen LogP contribution in [0.1, 0.15) is 18.4 Å². The van der Waals surface area contributed by atoms with Gasteiger partial charge in [0.05, 0.1) is 9.82 Å². The third-order valence-electron chi connectivity index (χ3n) is 6.62. The number of hydrogen-bond donors (Lipinski definition) is 0. The van der Waals surface area contributed by atoms with E-state index >= 15 is 0 Å². The standard InChI is InChI=1S/C23H26Cl2N4O5S/c24-21-2-1-3-22(25)20(21)16-26-12-14-27(15-13-26)23(30)17-8-10-28(11-9-17)35(33,34)19-6-4-18(5-7-19)29(31)32/h1-7,17H,8-16H2. The molecule has 2 saturated heterocycles. The van der Waals surface area contributed by atoms with Crippen molar-refractivity contribution in [1.82, 2.24) is 14.1 Å². The molecule has 0 unspecified atom stereocenters. The number of halogens is 2. The smallest absolute Gasteiger partial charge is 0.269 e. The zero-order valence-corrected chi connectivity index (χ0v) is 21.3. The fourth-order valence-electron chi connectivity index (χ4n) is 4.52. The highest BCUT2D eigenvalue weighted by atomic mass is 35.5. The first kappa shape index (κ1) is 25.8. The van der Waals surface area contributed by atoms with E-state index in [1.165, 1.54) is 28.6 Å². The largest absolute Gasteiger partial charge is 0.340 e. The van der Waals surface area contributed by atoms with Crippen molar-refractivity contribution in [1.29, 1.82) is 0 Å². The minimum absolute atomic E-state index is 0.0163. The Kier molecular flexibility index (Phi) is 7.97. The third kappa shape index (κ3) is 5.78. The van der Waals surface area contributed by atoms with Gasteiger partial charge in [0, 0.05) is 79.5 Å². The van der Waals surface area contributed by atoms with Gasteiger partial charge in [0.15, 0.2) is 0 Å². The van der Waals surface area contributed by atoms with Crippen LogP contribution < -0.4 is 0 Å². The Morgan fingerprint density at radius 1 is 0.943 bits per heavy atom. The second-order valence-electron chi connectivity index (χ2n) is 8.73. The van der Waals surface area contributed by atoms with E-state index in [1.807, 2.05) is 23.1 Å². The molecule has 2 aromatic carbocycles. The molecule has 0 aliphatic carbocycles. The molecule has 35 heavy (non-hydrogen) atoms. The maximum atomic E-state index is 13.1. The van der Waals surface area contributed by atoms with Crippen LogP contribution in [0, 0.1) is 16.0 Å². The summed E-state index contributed by atoms with van der Waals surface area (Å²) in [6.45, 7) is 3.71. The van der Waals surface area contributed by atoms with Crippen molar-refractivity contribution in [3.05, 3.63) is 68.2 Å². The molecule has 0 bridgehead atoms. The van der Waals surface area contributed by atoms with E-state index in [2.05, 4.69) is 4.90 Å². The predicted molar refractivity (Wildman–Crippen MR) is 133 cm³/mol. The molecule has 188 valence electrons. The monoisotopic (exact) mass is 540 g/mol. The lowest BCUT2D eigenvalue weighted by atomic mass is 9.96. The zero-order chi connectivity index (χ0) is 25.2. The van der Waals surface area contributed by atoms with E-state index in [1.54, 1.807) is 0 Å². The van der Waals surface area contributed by atoms with Crippen LogP contribution in [0.25, 0.3) is 0 Å². The van der Waals surface area contributed by atoms with E-state index in [0.717, 1.165) is 5.56 Å². The fraction of sp³-hybridized carbons (Fsp3) is 0.435. The number of nitro benzene ring substituents is 1. The van der Waals surface area contributed by atoms with Gasteiger partial charge >= 0.3 is 0 Å². The van der Waals surface area contributed by atoms with E-state index in [9.17, 15) is 23.3 Å². The van der Waals surface area contributed by atoms with Gasteiger partial charge in [-0.1, -0.05) is 29.3 Å². The molecule has 0 aromatic heterocycles. The van der Waals surface area contributed by atoms with Gasteiger partial charge in [-0.2, -0.15) is 4.31 Å². The molecule has 4 rings (SSSR count). The Morgan fingerprint density at radius 3 is 2.06 bits per heavy atom. The Labute approximate surface area is 214 Å². The van der Waals surface area contributed by atoms with Crippen LogP contribution in [0.3, 0.4) is 0 Å².